The molecule has 0 radical (unpaired) electrons. The first-order valence-electron chi connectivity index (χ1n) is 7.49. The van der Waals surface area contributed by atoms with Crippen molar-refractivity contribution >= 4 is 0 Å². The predicted octanol–water partition coefficient (Wildman–Crippen LogP) is 3.17. The van der Waals surface area contributed by atoms with Crippen LogP contribution in [0.25, 0.3) is 0 Å². The molecule has 2 unspecified atom stereocenters. The van der Waals surface area contributed by atoms with Gasteiger partial charge in [-0.2, -0.15) is 0 Å². The van der Waals surface area contributed by atoms with E-state index < -0.39 is 11.6 Å². The number of nitrogens with one attached hydrogen (secondary N) is 1. The lowest BCUT2D eigenvalue weighted by molar-refractivity contribution is 0.157. The maximum Gasteiger partial charge on any atom is 0.159 e. The third-order valence-electron chi connectivity index (χ3n) is 4.31. The number of rotatable bonds is 5. The van der Waals surface area contributed by atoms with Crippen LogP contribution in [0, 0.1) is 17.6 Å². The van der Waals surface area contributed by atoms with E-state index in [0.717, 1.165) is 18.7 Å². The Morgan fingerprint density at radius 1 is 1.35 bits per heavy atom. The molecule has 112 valence electrons. The zero-order valence-corrected chi connectivity index (χ0v) is 12.3. The van der Waals surface area contributed by atoms with E-state index in [4.69, 9.17) is 0 Å². The van der Waals surface area contributed by atoms with Crippen molar-refractivity contribution in [1.29, 1.82) is 0 Å². The predicted molar refractivity (Wildman–Crippen MR) is 77.5 cm³/mol. The van der Waals surface area contributed by atoms with Gasteiger partial charge in [0.2, 0.25) is 0 Å². The number of piperidine rings is 1. The normalized spacial score (nSPS) is 21.9. The van der Waals surface area contributed by atoms with Crippen molar-refractivity contribution in [2.24, 2.45) is 5.92 Å². The average Bonchev–Trinajstić information content (AvgIpc) is 2.48. The van der Waals surface area contributed by atoms with E-state index in [2.05, 4.69) is 24.1 Å². The van der Waals surface area contributed by atoms with E-state index in [1.54, 1.807) is 6.07 Å². The van der Waals surface area contributed by atoms with Crippen LogP contribution in [-0.4, -0.2) is 30.6 Å². The fraction of sp³-hybridized carbons (Fsp3) is 0.625. The van der Waals surface area contributed by atoms with Crippen LogP contribution in [0.1, 0.15) is 32.3 Å². The van der Waals surface area contributed by atoms with Gasteiger partial charge < -0.3 is 10.2 Å². The molecule has 1 saturated heterocycles. The first-order chi connectivity index (χ1) is 9.60. The molecule has 2 atom stereocenters. The molecule has 0 aliphatic carbocycles. The van der Waals surface area contributed by atoms with Crippen LogP contribution in [-0.2, 0) is 6.54 Å². The SMILES string of the molecule is CCN1CCCC(C(C)NCc2ccc(F)c(F)c2)C1. The molecule has 4 heteroatoms. The molecule has 2 nitrogen and oxygen atoms in total. The van der Waals surface area contributed by atoms with Crippen molar-refractivity contribution in [1.82, 2.24) is 10.2 Å². The lowest BCUT2D eigenvalue weighted by atomic mass is 9.91. The van der Waals surface area contributed by atoms with Crippen LogP contribution in [0.5, 0.6) is 0 Å². The standard InChI is InChI=1S/C16H24F2N2/c1-3-20-8-4-5-14(11-20)12(2)19-10-13-6-7-15(17)16(18)9-13/h6-7,9,12,14,19H,3-5,8,10-11H2,1-2H3. The fourth-order valence-corrected chi connectivity index (χ4v) is 2.88. The first kappa shape index (κ1) is 15.4. The average molecular weight is 282 g/mol. The smallest absolute Gasteiger partial charge is 0.159 e. The van der Waals surface area contributed by atoms with Crippen LogP contribution in [0.3, 0.4) is 0 Å². The molecule has 1 N–H and O–H groups in total. The lowest BCUT2D eigenvalue weighted by Crippen LogP contribution is -2.44. The summed E-state index contributed by atoms with van der Waals surface area (Å²) in [4.78, 5) is 2.48. The molecule has 0 amide bonds. The summed E-state index contributed by atoms with van der Waals surface area (Å²) in [6.07, 6.45) is 2.48. The minimum Gasteiger partial charge on any atom is -0.310 e. The van der Waals surface area contributed by atoms with Gasteiger partial charge in [0.1, 0.15) is 0 Å². The Morgan fingerprint density at radius 2 is 2.15 bits per heavy atom. The molecular weight excluding hydrogens is 258 g/mol. The zero-order chi connectivity index (χ0) is 14.5. The molecule has 1 fully saturated rings. The summed E-state index contributed by atoms with van der Waals surface area (Å²) in [7, 11) is 0. The summed E-state index contributed by atoms with van der Waals surface area (Å²) in [5.74, 6) is -0.923. The summed E-state index contributed by atoms with van der Waals surface area (Å²) in [5.41, 5.74) is 0.791. The van der Waals surface area contributed by atoms with Crippen LogP contribution >= 0.6 is 0 Å². The molecule has 0 bridgehead atoms. The topological polar surface area (TPSA) is 15.3 Å². The number of likely N-dealkylation sites (tertiary alicyclic amines) is 1. The van der Waals surface area contributed by atoms with Gasteiger partial charge in [0.15, 0.2) is 11.6 Å². The number of benzene rings is 1. The highest BCUT2D eigenvalue weighted by atomic mass is 19.2. The van der Waals surface area contributed by atoms with Crippen molar-refractivity contribution < 1.29 is 8.78 Å². The number of halogens is 2. The van der Waals surface area contributed by atoms with Crippen molar-refractivity contribution in [2.75, 3.05) is 19.6 Å². The quantitative estimate of drug-likeness (QED) is 0.892. The van der Waals surface area contributed by atoms with Crippen molar-refractivity contribution in [2.45, 2.75) is 39.3 Å². The fourth-order valence-electron chi connectivity index (χ4n) is 2.88. The maximum absolute atomic E-state index is 13.1. The molecule has 1 aromatic carbocycles. The molecular formula is C16H24F2N2. The summed E-state index contributed by atoms with van der Waals surface area (Å²) < 4.78 is 26.0. The zero-order valence-electron chi connectivity index (χ0n) is 12.3. The minimum atomic E-state index is -0.785. The van der Waals surface area contributed by atoms with Gasteiger partial charge in [-0.15, -0.1) is 0 Å². The highest BCUT2D eigenvalue weighted by Gasteiger charge is 2.23. The van der Waals surface area contributed by atoms with Crippen LogP contribution in [0.4, 0.5) is 8.78 Å². The summed E-state index contributed by atoms with van der Waals surface area (Å²) in [6, 6.07) is 4.49. The van der Waals surface area contributed by atoms with Crippen molar-refractivity contribution in [3.63, 3.8) is 0 Å². The molecule has 1 aromatic rings. The minimum absolute atomic E-state index is 0.387. The molecule has 1 aliphatic rings. The van der Waals surface area contributed by atoms with E-state index in [1.165, 1.54) is 31.5 Å². The van der Waals surface area contributed by atoms with Crippen LogP contribution in [0.15, 0.2) is 18.2 Å². The third kappa shape index (κ3) is 4.00. The molecule has 20 heavy (non-hydrogen) atoms. The van der Waals surface area contributed by atoms with Crippen molar-refractivity contribution in [3.8, 4) is 0 Å². The molecule has 1 heterocycles. The maximum atomic E-state index is 13.1. The van der Waals surface area contributed by atoms with Gasteiger partial charge in [0, 0.05) is 19.1 Å². The Kier molecular flexibility index (Phi) is 5.49. The highest BCUT2D eigenvalue weighted by Crippen LogP contribution is 2.20. The van der Waals surface area contributed by atoms with Gasteiger partial charge >= 0.3 is 0 Å². The van der Waals surface area contributed by atoms with Crippen molar-refractivity contribution in [3.05, 3.63) is 35.4 Å². The van der Waals surface area contributed by atoms with Gasteiger partial charge in [-0.25, -0.2) is 8.78 Å². The van der Waals surface area contributed by atoms with Gasteiger partial charge in [-0.1, -0.05) is 13.0 Å². The van der Waals surface area contributed by atoms with Gasteiger partial charge in [0.25, 0.3) is 0 Å². The van der Waals surface area contributed by atoms with Gasteiger partial charge in [0.05, 0.1) is 0 Å². The Balaban J connectivity index is 1.84. The van der Waals surface area contributed by atoms with E-state index in [9.17, 15) is 8.78 Å². The molecule has 0 aromatic heterocycles. The summed E-state index contributed by atoms with van der Waals surface area (Å²) >= 11 is 0. The van der Waals surface area contributed by atoms with Crippen LogP contribution < -0.4 is 5.32 Å². The van der Waals surface area contributed by atoms with Gasteiger partial charge in [-0.05, 0) is 56.5 Å². The summed E-state index contributed by atoms with van der Waals surface area (Å²) in [5, 5.41) is 3.44. The summed E-state index contributed by atoms with van der Waals surface area (Å²) in [6.45, 7) is 8.39. The monoisotopic (exact) mass is 282 g/mol. The molecule has 0 saturated carbocycles. The molecule has 0 spiro atoms. The number of hydrogen-bond donors (Lipinski definition) is 1. The third-order valence-corrected chi connectivity index (χ3v) is 4.31. The Labute approximate surface area is 120 Å². The highest BCUT2D eigenvalue weighted by molar-refractivity contribution is 5.17. The Hall–Kier alpha value is -1.00. The molecule has 1 aliphatic heterocycles. The van der Waals surface area contributed by atoms with E-state index in [-0.39, 0.29) is 0 Å². The largest absolute Gasteiger partial charge is 0.310 e. The first-order valence-corrected chi connectivity index (χ1v) is 7.49. The lowest BCUT2D eigenvalue weighted by Gasteiger charge is -2.35. The Bertz CT molecular complexity index is 436. The second-order valence-corrected chi connectivity index (χ2v) is 5.71. The molecule has 2 rings (SSSR count). The second-order valence-electron chi connectivity index (χ2n) is 5.71. The van der Waals surface area contributed by atoms with Crippen LogP contribution in [0.2, 0.25) is 0 Å². The number of hydrogen-bond acceptors (Lipinski definition) is 2. The van der Waals surface area contributed by atoms with E-state index >= 15 is 0 Å². The van der Waals surface area contributed by atoms with E-state index in [0.29, 0.717) is 18.5 Å². The van der Waals surface area contributed by atoms with E-state index in [1.807, 2.05) is 0 Å². The Morgan fingerprint density at radius 3 is 2.85 bits per heavy atom. The number of nitrogens with zero attached hydrogens (tertiary/aromatic N) is 1. The second kappa shape index (κ2) is 7.14. The van der Waals surface area contributed by atoms with Gasteiger partial charge in [-0.3, -0.25) is 0 Å².